The summed E-state index contributed by atoms with van der Waals surface area (Å²) in [6.07, 6.45) is 2.19. The lowest BCUT2D eigenvalue weighted by molar-refractivity contribution is -0.155. The number of methoxy groups -OCH3 is 1. The number of esters is 1. The lowest BCUT2D eigenvalue weighted by Crippen LogP contribution is -2.62. The van der Waals surface area contributed by atoms with Gasteiger partial charge in [-0.3, -0.25) is 29.2 Å². The van der Waals surface area contributed by atoms with Gasteiger partial charge in [-0.1, -0.05) is 39.8 Å². The van der Waals surface area contributed by atoms with E-state index in [0.29, 0.717) is 36.9 Å². The summed E-state index contributed by atoms with van der Waals surface area (Å²) < 4.78 is 42.1. The molecule has 1 saturated heterocycles. The number of aromatic nitrogens is 2. The molecule has 332 valence electrons. The lowest BCUT2D eigenvalue weighted by atomic mass is 9.84. The first-order chi connectivity index (χ1) is 29.3. The van der Waals surface area contributed by atoms with Crippen LogP contribution in [0.1, 0.15) is 83.7 Å². The lowest BCUT2D eigenvalue weighted by Gasteiger charge is -2.36. The number of carbonyl (C=O) groups excluding carboxylic acids is 4. The topological polar surface area (TPSA) is 155 Å². The van der Waals surface area contributed by atoms with Gasteiger partial charge in [0, 0.05) is 68.2 Å². The number of nitrogens with one attached hydrogen (secondary N) is 2. The van der Waals surface area contributed by atoms with Crippen molar-refractivity contribution in [2.24, 2.45) is 17.3 Å². The monoisotopic (exact) mass is 856 g/mol. The highest BCUT2D eigenvalue weighted by atomic mass is 19.3. The number of aromatic hydroxyl groups is 1. The minimum Gasteiger partial charge on any atom is -0.508 e. The molecule has 2 fully saturated rings. The van der Waals surface area contributed by atoms with Crippen molar-refractivity contribution in [3.8, 4) is 28.1 Å². The Morgan fingerprint density at radius 3 is 2.53 bits per heavy atom. The van der Waals surface area contributed by atoms with Crippen molar-refractivity contribution in [2.45, 2.75) is 110 Å². The number of nitrogens with zero attached hydrogens (tertiary/aromatic N) is 4. The number of phenolic OH excluding ortho intramolecular Hbond substituents is 1. The Balaban J connectivity index is 1.35. The molecule has 13 nitrogen and oxygen atoms in total. The predicted molar refractivity (Wildman–Crippen MR) is 230 cm³/mol. The fraction of sp³-hybridized carbons (Fsp3) is 0.511. The van der Waals surface area contributed by atoms with Gasteiger partial charge < -0.3 is 29.4 Å². The van der Waals surface area contributed by atoms with Gasteiger partial charge in [0.25, 0.3) is 11.8 Å². The second kappa shape index (κ2) is 17.4. The molecule has 15 heteroatoms. The predicted octanol–water partition coefficient (Wildman–Crippen LogP) is 6.59. The largest absolute Gasteiger partial charge is 0.508 e. The quantitative estimate of drug-likeness (QED) is 0.158. The van der Waals surface area contributed by atoms with Crippen molar-refractivity contribution in [1.29, 1.82) is 0 Å². The van der Waals surface area contributed by atoms with Crippen LogP contribution in [0, 0.1) is 17.3 Å². The van der Waals surface area contributed by atoms with Gasteiger partial charge in [-0.05, 0) is 97.7 Å². The van der Waals surface area contributed by atoms with Crippen molar-refractivity contribution in [2.75, 3.05) is 27.3 Å². The maximum absolute atomic E-state index is 14.5. The number of rotatable bonds is 9. The number of carbonyl (C=O) groups is 4. The number of pyridine rings is 1. The van der Waals surface area contributed by atoms with E-state index in [2.05, 4.69) is 40.4 Å². The third kappa shape index (κ3) is 8.92. The van der Waals surface area contributed by atoms with Gasteiger partial charge in [-0.2, -0.15) is 0 Å². The average molecular weight is 857 g/mol. The molecule has 0 radical (unpaired) electrons. The molecule has 1 saturated carbocycles. The highest BCUT2D eigenvalue weighted by molar-refractivity contribution is 5.96. The maximum Gasteiger partial charge on any atom is 0.324 e. The van der Waals surface area contributed by atoms with Crippen LogP contribution in [-0.2, 0) is 48.0 Å². The number of likely N-dealkylation sites (N-methyl/N-ethyl adjacent to an activating group) is 1. The molecule has 2 aromatic carbocycles. The van der Waals surface area contributed by atoms with E-state index in [-0.39, 0.29) is 31.4 Å². The number of amides is 3. The van der Waals surface area contributed by atoms with Crippen LogP contribution >= 0.6 is 0 Å². The molecule has 0 spiro atoms. The smallest absolute Gasteiger partial charge is 0.324 e. The summed E-state index contributed by atoms with van der Waals surface area (Å²) in [5.41, 5.74) is 9.20. The SMILES string of the molecule is CCn1c(-c2cccnc2[C@H](C)OC)c2c3cc(ccc31)-c1cc(O)cc(c1)C[C@H](NC(=O)C(C(C)C)N(C)C(=O)[C@H]1CC1(F)F)C(=O)N1CCC[C@H](N1)C(=O)OCC(C)(C)C2. The summed E-state index contributed by atoms with van der Waals surface area (Å²) in [7, 11) is 2.98. The van der Waals surface area contributed by atoms with Crippen LogP contribution in [0.3, 0.4) is 0 Å². The molecule has 62 heavy (non-hydrogen) atoms. The zero-order chi connectivity index (χ0) is 44.8. The molecular formula is C47H58F2N6O7. The van der Waals surface area contributed by atoms with E-state index >= 15 is 0 Å². The molecule has 6 bridgehead atoms. The first kappa shape index (κ1) is 44.6. The molecule has 2 aliphatic heterocycles. The summed E-state index contributed by atoms with van der Waals surface area (Å²) in [5.74, 6) is -7.78. The number of benzene rings is 2. The molecule has 4 heterocycles. The van der Waals surface area contributed by atoms with Crippen LogP contribution in [0.2, 0.25) is 0 Å². The number of cyclic esters (lactones) is 1. The van der Waals surface area contributed by atoms with Crippen molar-refractivity contribution in [3.05, 3.63) is 71.5 Å². The number of ether oxygens (including phenoxy) is 2. The molecule has 7 rings (SSSR count). The zero-order valence-corrected chi connectivity index (χ0v) is 36.8. The van der Waals surface area contributed by atoms with E-state index in [1.165, 1.54) is 18.1 Å². The van der Waals surface area contributed by atoms with Crippen LogP contribution in [0.15, 0.2) is 54.7 Å². The molecule has 3 N–H and O–H groups in total. The van der Waals surface area contributed by atoms with E-state index in [1.54, 1.807) is 33.2 Å². The van der Waals surface area contributed by atoms with Gasteiger partial charge in [0.15, 0.2) is 0 Å². The summed E-state index contributed by atoms with van der Waals surface area (Å²) in [5, 5.41) is 16.3. The number of hydrogen-bond acceptors (Lipinski definition) is 9. The number of fused-ring (bicyclic) bond motifs is 6. The van der Waals surface area contributed by atoms with Crippen molar-refractivity contribution < 1.29 is 42.5 Å². The second-order valence-electron chi connectivity index (χ2n) is 18.2. The highest BCUT2D eigenvalue weighted by Crippen LogP contribution is 2.50. The van der Waals surface area contributed by atoms with Gasteiger partial charge >= 0.3 is 5.97 Å². The summed E-state index contributed by atoms with van der Waals surface area (Å²) in [6, 6.07) is 11.9. The van der Waals surface area contributed by atoms with Crippen LogP contribution in [0.4, 0.5) is 8.78 Å². The van der Waals surface area contributed by atoms with Gasteiger partial charge in [-0.15, -0.1) is 0 Å². The maximum atomic E-state index is 14.5. The van der Waals surface area contributed by atoms with Crippen LogP contribution in [-0.4, -0.2) is 99.6 Å². The van der Waals surface area contributed by atoms with E-state index in [1.807, 2.05) is 39.0 Å². The van der Waals surface area contributed by atoms with E-state index in [4.69, 9.17) is 14.5 Å². The van der Waals surface area contributed by atoms with Crippen LogP contribution < -0.4 is 10.7 Å². The van der Waals surface area contributed by atoms with Crippen LogP contribution in [0.5, 0.6) is 5.75 Å². The first-order valence-electron chi connectivity index (χ1n) is 21.5. The molecule has 5 atom stereocenters. The minimum absolute atomic E-state index is 0.0547. The molecule has 4 aromatic rings. The third-order valence-electron chi connectivity index (χ3n) is 12.5. The Labute approximate surface area is 361 Å². The van der Waals surface area contributed by atoms with Crippen molar-refractivity contribution >= 4 is 34.6 Å². The van der Waals surface area contributed by atoms with E-state index < -0.39 is 71.4 Å². The fourth-order valence-electron chi connectivity index (χ4n) is 9.11. The molecular weight excluding hydrogens is 799 g/mol. The molecule has 3 amide bonds. The normalized spacial score (nSPS) is 22.1. The van der Waals surface area contributed by atoms with Gasteiger partial charge in [-0.25, -0.2) is 14.2 Å². The van der Waals surface area contributed by atoms with E-state index in [9.17, 15) is 33.1 Å². The molecule has 1 aliphatic carbocycles. The first-order valence-corrected chi connectivity index (χ1v) is 21.5. The highest BCUT2D eigenvalue weighted by Gasteiger charge is 2.62. The van der Waals surface area contributed by atoms with Gasteiger partial charge in [0.1, 0.15) is 29.8 Å². The number of phenols is 1. The van der Waals surface area contributed by atoms with E-state index in [0.717, 1.165) is 43.9 Å². The summed E-state index contributed by atoms with van der Waals surface area (Å²) in [4.78, 5) is 61.4. The number of hydrazine groups is 1. The Hall–Kier alpha value is -5.41. The number of alkyl halides is 2. The summed E-state index contributed by atoms with van der Waals surface area (Å²) >= 11 is 0. The van der Waals surface area contributed by atoms with Crippen molar-refractivity contribution in [1.82, 2.24) is 30.2 Å². The Bertz CT molecular complexity index is 2380. The number of aryl methyl sites for hydroxylation is 1. The summed E-state index contributed by atoms with van der Waals surface area (Å²) in [6.45, 7) is 12.5. The number of halogens is 2. The minimum atomic E-state index is -3.12. The second-order valence-corrected chi connectivity index (χ2v) is 18.2. The third-order valence-corrected chi connectivity index (χ3v) is 12.5. The molecule has 2 aromatic heterocycles. The zero-order valence-electron chi connectivity index (χ0n) is 36.8. The van der Waals surface area contributed by atoms with Gasteiger partial charge in [0.2, 0.25) is 11.8 Å². The molecule has 3 aliphatic rings. The van der Waals surface area contributed by atoms with Gasteiger partial charge in [0.05, 0.1) is 24.1 Å². The average Bonchev–Trinajstić information content (AvgIpc) is 3.78. The fourth-order valence-corrected chi connectivity index (χ4v) is 9.11. The van der Waals surface area contributed by atoms with Crippen molar-refractivity contribution in [3.63, 3.8) is 0 Å². The Kier molecular flexibility index (Phi) is 12.5. The number of hydrogen-bond donors (Lipinski definition) is 3. The Morgan fingerprint density at radius 2 is 1.85 bits per heavy atom. The van der Waals surface area contributed by atoms with Crippen LogP contribution in [0.25, 0.3) is 33.3 Å². The Morgan fingerprint density at radius 1 is 1.11 bits per heavy atom. The standard InChI is InChI=1S/C47H58F2N6O7/c1-9-54-38-15-14-29-22-33(38)34(41(54)32-12-10-16-50-39(32)27(4)61-8)23-46(5,6)25-62-45(60)36-13-11-17-55(52-36)44(59)37(20-28-18-30(29)21-31(56)19-28)51-42(57)40(26(2)3)53(7)43(58)35-24-47(35,48)49/h10,12,14-16,18-19,21-22,26-27,35-37,40,52,56H,9,11,13,17,20,23-25H2,1-8H3,(H,51,57)/t27-,35+,36-,37-,40?/m0/s1. The molecule has 1 unspecified atom stereocenters.